The average Bonchev–Trinajstić information content (AvgIpc) is 2.43. The predicted molar refractivity (Wildman–Crippen MR) is 87.1 cm³/mol. The monoisotopic (exact) mass is 332 g/mol. The number of benzene rings is 1. The number of sulfone groups is 1. The normalized spacial score (nSPS) is 16.7. The van der Waals surface area contributed by atoms with E-state index in [1.54, 1.807) is 30.5 Å². The molecular weight excluding hydrogens is 308 g/mol. The summed E-state index contributed by atoms with van der Waals surface area (Å²) in [6, 6.07) is 6.64. The van der Waals surface area contributed by atoms with Crippen molar-refractivity contribution in [1.82, 2.24) is 0 Å². The van der Waals surface area contributed by atoms with Crippen LogP contribution in [0.1, 0.15) is 19.4 Å². The van der Waals surface area contributed by atoms with E-state index in [1.165, 1.54) is 0 Å². The molecule has 0 spiro atoms. The topological polar surface area (TPSA) is 74.6 Å². The van der Waals surface area contributed by atoms with Gasteiger partial charge in [0.25, 0.3) is 0 Å². The maximum Gasteiger partial charge on any atom is 0.190 e. The lowest BCUT2D eigenvalue weighted by Crippen LogP contribution is -2.40. The Morgan fingerprint density at radius 2 is 1.71 bits per heavy atom. The second kappa shape index (κ2) is 7.63. The Hall–Kier alpha value is -0.560. The molecule has 0 heterocycles. The number of hydrogen-bond acceptors (Lipinski definition) is 5. The van der Waals surface area contributed by atoms with E-state index >= 15 is 0 Å². The second-order valence-corrected chi connectivity index (χ2v) is 8.89. The molecular formula is C15H24O4S2. The van der Waals surface area contributed by atoms with Crippen LogP contribution in [0.3, 0.4) is 0 Å². The molecule has 0 saturated heterocycles. The Balaban J connectivity index is 3.20. The molecule has 0 saturated carbocycles. The van der Waals surface area contributed by atoms with Crippen LogP contribution in [0.5, 0.6) is 0 Å². The molecule has 1 aromatic rings. The van der Waals surface area contributed by atoms with Crippen LogP contribution in [0.4, 0.5) is 0 Å². The molecule has 1 aromatic carbocycles. The first-order valence-corrected chi connectivity index (χ1v) is 9.71. The van der Waals surface area contributed by atoms with E-state index in [2.05, 4.69) is 0 Å². The van der Waals surface area contributed by atoms with Crippen molar-refractivity contribution < 1.29 is 18.6 Å². The number of thioether (sulfide) groups is 1. The van der Waals surface area contributed by atoms with Gasteiger partial charge in [-0.2, -0.15) is 0 Å². The van der Waals surface area contributed by atoms with E-state index < -0.39 is 26.4 Å². The smallest absolute Gasteiger partial charge is 0.190 e. The number of aliphatic hydroxyl groups is 2. The van der Waals surface area contributed by atoms with Crippen molar-refractivity contribution in [3.05, 3.63) is 29.8 Å². The van der Waals surface area contributed by atoms with E-state index in [9.17, 15) is 18.6 Å². The molecule has 0 amide bonds. The lowest BCUT2D eigenvalue weighted by atomic mass is 9.95. The van der Waals surface area contributed by atoms with E-state index in [-0.39, 0.29) is 17.4 Å². The first-order chi connectivity index (χ1) is 9.75. The lowest BCUT2D eigenvalue weighted by Gasteiger charge is -2.30. The van der Waals surface area contributed by atoms with Gasteiger partial charge in [0.15, 0.2) is 9.84 Å². The molecule has 6 heteroatoms. The molecule has 21 heavy (non-hydrogen) atoms. The Morgan fingerprint density at radius 3 is 2.10 bits per heavy atom. The molecule has 0 fully saturated rings. The summed E-state index contributed by atoms with van der Waals surface area (Å²) in [6.45, 7) is 5.14. The van der Waals surface area contributed by atoms with Gasteiger partial charge < -0.3 is 10.2 Å². The number of hydrogen-bond donors (Lipinski definition) is 2. The average molecular weight is 332 g/mol. The molecule has 0 bridgehead atoms. The minimum Gasteiger partial charge on any atom is -0.396 e. The van der Waals surface area contributed by atoms with E-state index in [4.69, 9.17) is 0 Å². The summed E-state index contributed by atoms with van der Waals surface area (Å²) in [5.74, 6) is -0.837. The van der Waals surface area contributed by atoms with E-state index in [1.807, 2.05) is 20.8 Å². The Labute approximate surface area is 131 Å². The van der Waals surface area contributed by atoms with Gasteiger partial charge in [0.2, 0.25) is 0 Å². The van der Waals surface area contributed by atoms with Crippen LogP contribution in [0.15, 0.2) is 29.2 Å². The van der Waals surface area contributed by atoms with Gasteiger partial charge in [-0.05, 0) is 31.2 Å². The number of aliphatic hydroxyl groups excluding tert-OH is 2. The van der Waals surface area contributed by atoms with Gasteiger partial charge in [-0.25, -0.2) is 8.42 Å². The molecule has 1 unspecified atom stereocenters. The lowest BCUT2D eigenvalue weighted by molar-refractivity contribution is 0.0406. The first-order valence-electron chi connectivity index (χ1n) is 6.88. The SMILES string of the molecule is CSC([C@@H](CO)[C@H](O)C(C)C)S(=O)(=O)c1ccc(C)cc1. The zero-order valence-electron chi connectivity index (χ0n) is 12.9. The van der Waals surface area contributed by atoms with Crippen LogP contribution < -0.4 is 0 Å². The van der Waals surface area contributed by atoms with Crippen molar-refractivity contribution in [2.75, 3.05) is 12.9 Å². The van der Waals surface area contributed by atoms with Crippen LogP contribution in [-0.2, 0) is 9.84 Å². The van der Waals surface area contributed by atoms with Gasteiger partial charge in [0, 0.05) is 5.92 Å². The van der Waals surface area contributed by atoms with Gasteiger partial charge in [-0.1, -0.05) is 31.5 Å². The number of aryl methyl sites for hydroxylation is 1. The third-order valence-corrected chi connectivity index (χ3v) is 7.61. The van der Waals surface area contributed by atoms with Crippen molar-refractivity contribution in [3.8, 4) is 0 Å². The summed E-state index contributed by atoms with van der Waals surface area (Å²) < 4.78 is 24.6. The fourth-order valence-electron chi connectivity index (χ4n) is 2.24. The molecule has 0 aliphatic carbocycles. The van der Waals surface area contributed by atoms with Crippen LogP contribution in [0, 0.1) is 18.8 Å². The zero-order chi connectivity index (χ0) is 16.2. The fourth-order valence-corrected chi connectivity index (χ4v) is 5.68. The Morgan fingerprint density at radius 1 is 1.19 bits per heavy atom. The van der Waals surface area contributed by atoms with Crippen LogP contribution in [0.25, 0.3) is 0 Å². The van der Waals surface area contributed by atoms with Gasteiger partial charge in [0.05, 0.1) is 17.6 Å². The Kier molecular flexibility index (Phi) is 6.71. The van der Waals surface area contributed by atoms with Crippen molar-refractivity contribution in [2.24, 2.45) is 11.8 Å². The summed E-state index contributed by atoms with van der Waals surface area (Å²) in [6.07, 6.45) is 0.819. The van der Waals surface area contributed by atoms with Gasteiger partial charge in [-0.3, -0.25) is 0 Å². The highest BCUT2D eigenvalue weighted by atomic mass is 32.3. The first kappa shape index (κ1) is 18.5. The van der Waals surface area contributed by atoms with Crippen molar-refractivity contribution in [1.29, 1.82) is 0 Å². The minimum atomic E-state index is -3.61. The summed E-state index contributed by atoms with van der Waals surface area (Å²) in [4.78, 5) is 0.224. The van der Waals surface area contributed by atoms with Gasteiger partial charge in [0.1, 0.15) is 4.58 Å². The minimum absolute atomic E-state index is 0.120. The maximum atomic E-state index is 12.8. The van der Waals surface area contributed by atoms with Gasteiger partial charge >= 0.3 is 0 Å². The van der Waals surface area contributed by atoms with E-state index in [0.29, 0.717) is 0 Å². The maximum absolute atomic E-state index is 12.8. The summed E-state index contributed by atoms with van der Waals surface area (Å²) in [7, 11) is -3.61. The van der Waals surface area contributed by atoms with Gasteiger partial charge in [-0.15, -0.1) is 11.8 Å². The molecule has 2 N–H and O–H groups in total. The standard InChI is InChI=1S/C15H24O4S2/c1-10(2)14(17)13(9-16)15(20-4)21(18,19)12-7-5-11(3)6-8-12/h5-8,10,13-17H,9H2,1-4H3/t13-,14+,15?/m0/s1. The highest BCUT2D eigenvalue weighted by molar-refractivity contribution is 8.13. The molecule has 120 valence electrons. The molecule has 4 nitrogen and oxygen atoms in total. The molecule has 0 aliphatic rings. The van der Waals surface area contributed by atoms with Crippen molar-refractivity contribution in [3.63, 3.8) is 0 Å². The zero-order valence-corrected chi connectivity index (χ0v) is 14.5. The third-order valence-electron chi connectivity index (χ3n) is 3.57. The molecule has 3 atom stereocenters. The van der Waals surface area contributed by atoms with Crippen molar-refractivity contribution >= 4 is 21.6 Å². The van der Waals surface area contributed by atoms with Crippen molar-refractivity contribution in [2.45, 2.75) is 36.4 Å². The van der Waals surface area contributed by atoms with Crippen LogP contribution in [-0.4, -0.2) is 42.2 Å². The Bertz CT molecular complexity index is 537. The van der Waals surface area contributed by atoms with Crippen LogP contribution >= 0.6 is 11.8 Å². The summed E-state index contributed by atoms with van der Waals surface area (Å²) in [5.41, 5.74) is 0.982. The molecule has 0 aromatic heterocycles. The molecule has 1 rings (SSSR count). The number of rotatable bonds is 7. The largest absolute Gasteiger partial charge is 0.396 e. The fraction of sp³-hybridized carbons (Fsp3) is 0.600. The highest BCUT2D eigenvalue weighted by Crippen LogP contribution is 2.32. The third kappa shape index (κ3) is 4.22. The second-order valence-electron chi connectivity index (χ2n) is 5.54. The highest BCUT2D eigenvalue weighted by Gasteiger charge is 2.38. The summed E-state index contributed by atoms with van der Waals surface area (Å²) >= 11 is 1.15. The summed E-state index contributed by atoms with van der Waals surface area (Å²) in [5, 5.41) is 19.8. The quantitative estimate of drug-likeness (QED) is 0.800. The predicted octanol–water partition coefficient (Wildman–Crippen LogP) is 2.08. The molecule has 0 radical (unpaired) electrons. The molecule has 0 aliphatic heterocycles. The van der Waals surface area contributed by atoms with E-state index in [0.717, 1.165) is 17.3 Å². The van der Waals surface area contributed by atoms with Crippen LogP contribution in [0.2, 0.25) is 0 Å².